The third kappa shape index (κ3) is 1.96. The van der Waals surface area contributed by atoms with Crippen molar-refractivity contribution in [3.05, 3.63) is 24.3 Å². The Morgan fingerprint density at radius 3 is 2.83 bits per heavy atom. The Hall–Kier alpha value is -0.600. The first-order chi connectivity index (χ1) is 5.65. The van der Waals surface area contributed by atoms with Crippen molar-refractivity contribution in [2.45, 2.75) is 32.3 Å². The largest absolute Gasteiger partial charge is 0.252 e. The van der Waals surface area contributed by atoms with E-state index in [0.29, 0.717) is 5.92 Å². The number of hydrogen-bond donors (Lipinski definition) is 1. The summed E-state index contributed by atoms with van der Waals surface area (Å²) in [6.07, 6.45) is 2.66. The topological polar surface area (TPSA) is 29.5 Å². The van der Waals surface area contributed by atoms with Gasteiger partial charge in [-0.25, -0.2) is 4.89 Å². The van der Waals surface area contributed by atoms with E-state index in [0.717, 1.165) is 30.4 Å². The molecule has 0 aromatic rings. The predicted molar refractivity (Wildman–Crippen MR) is 48.8 cm³/mol. The minimum absolute atomic E-state index is 0.122. The third-order valence-electron chi connectivity index (χ3n) is 2.52. The Balaban J connectivity index is 2.62. The highest BCUT2D eigenvalue weighted by molar-refractivity contribution is 5.10. The summed E-state index contributed by atoms with van der Waals surface area (Å²) in [5.74, 6) is 0.292. The van der Waals surface area contributed by atoms with Crippen molar-refractivity contribution in [2.24, 2.45) is 5.92 Å². The molecule has 0 amide bonds. The maximum Gasteiger partial charge on any atom is 0.103 e. The van der Waals surface area contributed by atoms with Crippen molar-refractivity contribution in [1.29, 1.82) is 0 Å². The zero-order valence-electron chi connectivity index (χ0n) is 7.55. The van der Waals surface area contributed by atoms with Crippen LogP contribution in [0.3, 0.4) is 0 Å². The second-order valence-electron chi connectivity index (χ2n) is 3.59. The molecule has 0 heterocycles. The fraction of sp³-hybridized carbons (Fsp3) is 0.600. The molecule has 2 nitrogen and oxygen atoms in total. The van der Waals surface area contributed by atoms with Crippen LogP contribution in [0.1, 0.15) is 26.2 Å². The van der Waals surface area contributed by atoms with E-state index in [4.69, 9.17) is 5.26 Å². The van der Waals surface area contributed by atoms with E-state index < -0.39 is 0 Å². The molecular weight excluding hydrogens is 152 g/mol. The van der Waals surface area contributed by atoms with Gasteiger partial charge in [-0.1, -0.05) is 24.3 Å². The summed E-state index contributed by atoms with van der Waals surface area (Å²) in [6.45, 7) is 9.74. The zero-order chi connectivity index (χ0) is 9.14. The molecule has 1 saturated carbocycles. The van der Waals surface area contributed by atoms with Crippen LogP contribution >= 0.6 is 0 Å². The Kier molecular flexibility index (Phi) is 3.06. The fourth-order valence-corrected chi connectivity index (χ4v) is 1.75. The molecule has 2 heteroatoms. The Bertz CT molecular complexity index is 196. The number of rotatable bonds is 2. The van der Waals surface area contributed by atoms with E-state index in [1.807, 2.05) is 6.92 Å². The van der Waals surface area contributed by atoms with Gasteiger partial charge in [0.25, 0.3) is 0 Å². The first-order valence-electron chi connectivity index (χ1n) is 4.27. The van der Waals surface area contributed by atoms with Gasteiger partial charge in [-0.15, -0.1) is 0 Å². The third-order valence-corrected chi connectivity index (χ3v) is 2.52. The smallest absolute Gasteiger partial charge is 0.103 e. The first-order valence-corrected chi connectivity index (χ1v) is 4.27. The van der Waals surface area contributed by atoms with Gasteiger partial charge < -0.3 is 0 Å². The second-order valence-corrected chi connectivity index (χ2v) is 3.59. The SMILES string of the molecule is C=C1CCC(C(=C)C)C(OO)C1. The molecular formula is C10H16O2. The maximum atomic E-state index is 8.65. The molecule has 0 spiro atoms. The molecule has 1 aliphatic rings. The van der Waals surface area contributed by atoms with Crippen LogP contribution in [0.15, 0.2) is 24.3 Å². The molecule has 68 valence electrons. The minimum atomic E-state index is -0.122. The quantitative estimate of drug-likeness (QED) is 0.390. The van der Waals surface area contributed by atoms with Gasteiger partial charge in [-0.05, 0) is 26.2 Å². The van der Waals surface area contributed by atoms with E-state index in [1.165, 1.54) is 0 Å². The van der Waals surface area contributed by atoms with E-state index in [2.05, 4.69) is 18.0 Å². The van der Waals surface area contributed by atoms with Gasteiger partial charge >= 0.3 is 0 Å². The van der Waals surface area contributed by atoms with Gasteiger partial charge in [-0.3, -0.25) is 5.26 Å². The van der Waals surface area contributed by atoms with E-state index >= 15 is 0 Å². The molecule has 0 radical (unpaired) electrons. The van der Waals surface area contributed by atoms with Crippen molar-refractivity contribution in [2.75, 3.05) is 0 Å². The average molecular weight is 168 g/mol. The Labute approximate surface area is 73.5 Å². The second kappa shape index (κ2) is 3.87. The van der Waals surface area contributed by atoms with Crippen molar-refractivity contribution in [3.63, 3.8) is 0 Å². The summed E-state index contributed by atoms with van der Waals surface area (Å²) in [4.78, 5) is 4.41. The first kappa shape index (κ1) is 9.49. The van der Waals surface area contributed by atoms with Gasteiger partial charge in [0.2, 0.25) is 0 Å². The Morgan fingerprint density at radius 2 is 2.33 bits per heavy atom. The molecule has 1 fully saturated rings. The standard InChI is InChI=1S/C10H16O2/c1-7(2)9-5-4-8(3)6-10(9)12-11/h9-11H,1,3-6H2,2H3. The molecule has 0 bridgehead atoms. The molecule has 2 unspecified atom stereocenters. The summed E-state index contributed by atoms with van der Waals surface area (Å²) in [7, 11) is 0. The molecule has 0 saturated heterocycles. The lowest BCUT2D eigenvalue weighted by Gasteiger charge is -2.30. The Morgan fingerprint density at radius 1 is 1.67 bits per heavy atom. The lowest BCUT2D eigenvalue weighted by atomic mass is 9.80. The minimum Gasteiger partial charge on any atom is -0.252 e. The molecule has 1 aliphatic carbocycles. The molecule has 0 aliphatic heterocycles. The van der Waals surface area contributed by atoms with Gasteiger partial charge in [0.1, 0.15) is 6.10 Å². The normalized spacial score (nSPS) is 30.3. The predicted octanol–water partition coefficient (Wildman–Crippen LogP) is 2.78. The summed E-state index contributed by atoms with van der Waals surface area (Å²) < 4.78 is 0. The fourth-order valence-electron chi connectivity index (χ4n) is 1.75. The summed E-state index contributed by atoms with van der Waals surface area (Å²) in [5.41, 5.74) is 2.24. The van der Waals surface area contributed by atoms with Crippen LogP contribution < -0.4 is 0 Å². The highest BCUT2D eigenvalue weighted by Crippen LogP contribution is 2.33. The molecule has 0 aromatic carbocycles. The van der Waals surface area contributed by atoms with Gasteiger partial charge in [-0.2, -0.15) is 0 Å². The van der Waals surface area contributed by atoms with Crippen molar-refractivity contribution < 1.29 is 10.1 Å². The van der Waals surface area contributed by atoms with Crippen LogP contribution in [0.2, 0.25) is 0 Å². The molecule has 1 N–H and O–H groups in total. The van der Waals surface area contributed by atoms with E-state index in [9.17, 15) is 0 Å². The summed E-state index contributed by atoms with van der Waals surface area (Å²) >= 11 is 0. The maximum absolute atomic E-state index is 8.65. The van der Waals surface area contributed by atoms with Gasteiger partial charge in [0, 0.05) is 5.92 Å². The zero-order valence-corrected chi connectivity index (χ0v) is 7.55. The molecule has 12 heavy (non-hydrogen) atoms. The highest BCUT2D eigenvalue weighted by atomic mass is 17.1. The van der Waals surface area contributed by atoms with Crippen molar-refractivity contribution in [3.8, 4) is 0 Å². The van der Waals surface area contributed by atoms with Crippen molar-refractivity contribution in [1.82, 2.24) is 0 Å². The molecule has 1 rings (SSSR count). The number of hydrogen-bond acceptors (Lipinski definition) is 2. The summed E-state index contributed by atoms with van der Waals surface area (Å²) in [6, 6.07) is 0. The van der Waals surface area contributed by atoms with Gasteiger partial charge in [0.05, 0.1) is 0 Å². The average Bonchev–Trinajstić information content (AvgIpc) is 2.03. The van der Waals surface area contributed by atoms with E-state index in [-0.39, 0.29) is 6.10 Å². The van der Waals surface area contributed by atoms with Crippen LogP contribution in [-0.4, -0.2) is 11.4 Å². The van der Waals surface area contributed by atoms with Crippen molar-refractivity contribution >= 4 is 0 Å². The van der Waals surface area contributed by atoms with Crippen LogP contribution in [0.25, 0.3) is 0 Å². The molecule has 2 atom stereocenters. The van der Waals surface area contributed by atoms with Crippen LogP contribution in [0.5, 0.6) is 0 Å². The molecule has 0 aromatic heterocycles. The van der Waals surface area contributed by atoms with Crippen LogP contribution in [0.4, 0.5) is 0 Å². The van der Waals surface area contributed by atoms with Crippen LogP contribution in [-0.2, 0) is 4.89 Å². The lowest BCUT2D eigenvalue weighted by Crippen LogP contribution is -2.28. The lowest BCUT2D eigenvalue weighted by molar-refractivity contribution is -0.289. The van der Waals surface area contributed by atoms with Gasteiger partial charge in [0.15, 0.2) is 0 Å². The monoisotopic (exact) mass is 168 g/mol. The van der Waals surface area contributed by atoms with Crippen LogP contribution in [0, 0.1) is 5.92 Å². The highest BCUT2D eigenvalue weighted by Gasteiger charge is 2.28. The summed E-state index contributed by atoms with van der Waals surface area (Å²) in [5, 5.41) is 8.65. The van der Waals surface area contributed by atoms with E-state index in [1.54, 1.807) is 0 Å².